The minimum absolute atomic E-state index is 0.355. The number of carbonyl (C=O) groups is 5. The molecule has 0 aromatic rings. The van der Waals surface area contributed by atoms with Crippen molar-refractivity contribution in [2.45, 2.75) is 11.0 Å². The Morgan fingerprint density at radius 3 is 1.04 bits per heavy atom. The number of aliphatic carboxylic acids is 3. The van der Waals surface area contributed by atoms with Crippen LogP contribution in [0.2, 0.25) is 0 Å². The first kappa shape index (κ1) is 42.9. The van der Waals surface area contributed by atoms with Crippen LogP contribution in [-0.2, 0) is 42.2 Å². The van der Waals surface area contributed by atoms with Crippen molar-refractivity contribution in [3.05, 3.63) is 0 Å². The van der Waals surface area contributed by atoms with Gasteiger partial charge >= 0.3 is 40.7 Å². The molecule has 2 amide bonds. The average molecular weight is 737 g/mol. The van der Waals surface area contributed by atoms with Crippen LogP contribution >= 0.6 is 30.2 Å². The lowest BCUT2D eigenvalue weighted by molar-refractivity contribution is -0.141. The first-order chi connectivity index (χ1) is 20.1. The Hall–Kier alpha value is -2.13. The normalized spacial score (nSPS) is 14.8. The van der Waals surface area contributed by atoms with E-state index in [4.69, 9.17) is 29.8 Å². The number of carbonyl (C=O) groups excluding carboxylic acids is 2. The number of rotatable bonds is 22. The van der Waals surface area contributed by atoms with Crippen molar-refractivity contribution in [3.8, 4) is 0 Å². The quantitative estimate of drug-likeness (QED) is 0.0465. The predicted octanol–water partition coefficient (Wildman–Crippen LogP) is -4.62. The third kappa shape index (κ3) is 18.6. The fraction of sp³-hybridized carbons (Fsp3) is 0.706. The number of nitrogens with one attached hydrogen (secondary N) is 2. The lowest BCUT2D eigenvalue weighted by Crippen LogP contribution is -2.48. The summed E-state index contributed by atoms with van der Waals surface area (Å²) < 4.78 is 46.1. The standard InChI is InChI=1S/C17H35N5O19P4/c1-42(31,32)16(43(33,34)35)18-11(23)6-21(9-14(27)28)4-2-20(8-13(25)26)3-5-22(10-15(29)30)7-12(24)19-17(44(36,37)38)45(39,40)41/h16-17H,2-10H2,1H3,(H,18,23)(H,19,24)(H,25,26)(H,27,28)(H,29,30)(H,31,32)(H2,33,34,35)(H2,36,37,38)(H2,39,40,41). The fourth-order valence-electron chi connectivity index (χ4n) is 3.47. The Bertz CT molecular complexity index is 1140. The van der Waals surface area contributed by atoms with Crippen molar-refractivity contribution >= 4 is 59.9 Å². The SMILES string of the molecule is CP(=O)(O)C(NC(=O)CN(CCN(CCN(CC(=O)O)CC(=O)NC(P(=O)(O)O)P(=O)(O)O)CC(=O)O)CC(=O)O)P(=O)(O)O. The van der Waals surface area contributed by atoms with Gasteiger partial charge in [0.25, 0.3) is 0 Å². The fourth-order valence-corrected chi connectivity index (χ4v) is 8.59. The molecule has 0 aliphatic heterocycles. The van der Waals surface area contributed by atoms with Gasteiger partial charge in [0.05, 0.1) is 32.7 Å². The van der Waals surface area contributed by atoms with Crippen LogP contribution < -0.4 is 10.6 Å². The first-order valence-corrected chi connectivity index (χ1v) is 19.2. The molecule has 0 bridgehead atoms. The van der Waals surface area contributed by atoms with Crippen LogP contribution in [-0.4, -0.2) is 171 Å². The van der Waals surface area contributed by atoms with Crippen molar-refractivity contribution in [1.29, 1.82) is 0 Å². The second kappa shape index (κ2) is 17.7. The number of carboxylic acid groups (broad SMARTS) is 3. The summed E-state index contributed by atoms with van der Waals surface area (Å²) in [5.74, 6) is -7.14. The number of hydrogen-bond acceptors (Lipinski definition) is 12. The number of carboxylic acids is 3. The number of nitrogens with zero attached hydrogens (tertiary/aromatic N) is 3. The minimum atomic E-state index is -5.58. The van der Waals surface area contributed by atoms with Crippen molar-refractivity contribution in [2.24, 2.45) is 0 Å². The van der Waals surface area contributed by atoms with Crippen LogP contribution in [0.25, 0.3) is 0 Å². The van der Waals surface area contributed by atoms with Crippen LogP contribution in [0, 0.1) is 0 Å². The van der Waals surface area contributed by atoms with Gasteiger partial charge in [0, 0.05) is 32.8 Å². The summed E-state index contributed by atoms with van der Waals surface area (Å²) in [6.07, 6.45) is 0. The Kier molecular flexibility index (Phi) is 16.9. The second-order valence-corrected chi connectivity index (χ2v) is 17.8. The number of amides is 2. The molecule has 0 aliphatic carbocycles. The summed E-state index contributed by atoms with van der Waals surface area (Å²) in [7, 11) is -21.1. The van der Waals surface area contributed by atoms with E-state index in [1.54, 1.807) is 5.32 Å². The van der Waals surface area contributed by atoms with Crippen molar-refractivity contribution in [3.63, 3.8) is 0 Å². The molecular formula is C17H35N5O19P4. The third-order valence-corrected chi connectivity index (χ3v) is 12.6. The van der Waals surface area contributed by atoms with Crippen LogP contribution in [0.1, 0.15) is 0 Å². The van der Waals surface area contributed by atoms with Crippen LogP contribution in [0.4, 0.5) is 0 Å². The molecule has 0 aliphatic rings. The van der Waals surface area contributed by atoms with Gasteiger partial charge < -0.3 is 60.2 Å². The molecule has 0 aromatic carbocycles. The zero-order chi connectivity index (χ0) is 35.6. The smallest absolute Gasteiger partial charge is 0.360 e. The van der Waals surface area contributed by atoms with Gasteiger partial charge in [-0.05, 0) is 0 Å². The third-order valence-electron chi connectivity index (χ3n) is 5.27. The van der Waals surface area contributed by atoms with Gasteiger partial charge in [-0.3, -0.25) is 56.9 Å². The summed E-state index contributed by atoms with van der Waals surface area (Å²) in [5, 5.41) is 30.7. The van der Waals surface area contributed by atoms with Gasteiger partial charge in [0.2, 0.25) is 30.2 Å². The summed E-state index contributed by atoms with van der Waals surface area (Å²) in [6.45, 7) is -5.44. The van der Waals surface area contributed by atoms with E-state index in [9.17, 15) is 62.0 Å². The highest BCUT2D eigenvalue weighted by Crippen LogP contribution is 2.59. The van der Waals surface area contributed by atoms with Crippen molar-refractivity contribution in [1.82, 2.24) is 25.3 Å². The van der Waals surface area contributed by atoms with E-state index >= 15 is 0 Å². The molecule has 262 valence electrons. The molecule has 24 nitrogen and oxygen atoms in total. The van der Waals surface area contributed by atoms with Gasteiger partial charge in [-0.2, -0.15) is 0 Å². The van der Waals surface area contributed by atoms with Crippen molar-refractivity contribution in [2.75, 3.05) is 65.6 Å². The Morgan fingerprint density at radius 2 is 0.778 bits per heavy atom. The molecule has 0 saturated carbocycles. The van der Waals surface area contributed by atoms with Crippen molar-refractivity contribution < 1.29 is 91.8 Å². The summed E-state index contributed by atoms with van der Waals surface area (Å²) >= 11 is 0. The molecule has 2 unspecified atom stereocenters. The maximum Gasteiger partial charge on any atom is 0.360 e. The first-order valence-electron chi connectivity index (χ1n) is 12.0. The molecule has 0 fully saturated rings. The highest BCUT2D eigenvalue weighted by atomic mass is 31.2. The van der Waals surface area contributed by atoms with Crippen LogP contribution in [0.15, 0.2) is 0 Å². The largest absolute Gasteiger partial charge is 0.480 e. The maximum atomic E-state index is 12.4. The van der Waals surface area contributed by atoms with E-state index in [0.29, 0.717) is 6.66 Å². The average Bonchev–Trinajstić information content (AvgIpc) is 2.78. The van der Waals surface area contributed by atoms with Gasteiger partial charge in [-0.15, -0.1) is 0 Å². The number of hydrogen-bond donors (Lipinski definition) is 12. The molecule has 0 saturated heterocycles. The lowest BCUT2D eigenvalue weighted by Gasteiger charge is -2.29. The highest BCUT2D eigenvalue weighted by molar-refractivity contribution is 7.73. The van der Waals surface area contributed by atoms with E-state index in [2.05, 4.69) is 0 Å². The van der Waals surface area contributed by atoms with Gasteiger partial charge in [-0.25, -0.2) is 0 Å². The summed E-state index contributed by atoms with van der Waals surface area (Å²) in [5.41, 5.74) is -5.42. The van der Waals surface area contributed by atoms with Gasteiger partial charge in [-0.1, -0.05) is 0 Å². The molecule has 0 rings (SSSR count). The van der Waals surface area contributed by atoms with Gasteiger partial charge in [0.1, 0.15) is 0 Å². The van der Waals surface area contributed by atoms with E-state index in [0.717, 1.165) is 14.7 Å². The molecule has 2 atom stereocenters. The Morgan fingerprint density at radius 1 is 0.511 bits per heavy atom. The Labute approximate surface area is 253 Å². The highest BCUT2D eigenvalue weighted by Gasteiger charge is 2.45. The summed E-state index contributed by atoms with van der Waals surface area (Å²) in [4.78, 5) is 126. The maximum absolute atomic E-state index is 12.4. The topological polar surface area (TPSA) is 390 Å². The molecule has 0 radical (unpaired) electrons. The zero-order valence-electron chi connectivity index (χ0n) is 23.3. The summed E-state index contributed by atoms with van der Waals surface area (Å²) in [6, 6.07) is 0. The van der Waals surface area contributed by atoms with E-state index in [1.807, 2.05) is 0 Å². The molecule has 0 heterocycles. The van der Waals surface area contributed by atoms with Gasteiger partial charge in [0.15, 0.2) is 0 Å². The monoisotopic (exact) mass is 737 g/mol. The Balaban J connectivity index is 5.70. The molecular weight excluding hydrogens is 702 g/mol. The molecule has 0 spiro atoms. The van der Waals surface area contributed by atoms with Crippen LogP contribution in [0.3, 0.4) is 0 Å². The molecule has 12 N–H and O–H groups in total. The molecule has 28 heteroatoms. The van der Waals surface area contributed by atoms with E-state index in [-0.39, 0.29) is 13.1 Å². The van der Waals surface area contributed by atoms with E-state index < -0.39 is 117 Å². The molecule has 45 heavy (non-hydrogen) atoms. The minimum Gasteiger partial charge on any atom is -0.480 e. The molecule has 0 aromatic heterocycles. The van der Waals surface area contributed by atoms with E-state index in [1.165, 1.54) is 5.32 Å². The zero-order valence-corrected chi connectivity index (χ0v) is 26.9. The lowest BCUT2D eigenvalue weighted by atomic mass is 10.3. The second-order valence-electron chi connectivity index (χ2n) is 9.47. The van der Waals surface area contributed by atoms with Crippen LogP contribution in [0.5, 0.6) is 0 Å². The predicted molar refractivity (Wildman–Crippen MR) is 148 cm³/mol.